The van der Waals surface area contributed by atoms with Crippen LogP contribution in [0.25, 0.3) is 0 Å². The van der Waals surface area contributed by atoms with Gasteiger partial charge in [0.15, 0.2) is 0 Å². The minimum absolute atomic E-state index is 0.128. The van der Waals surface area contributed by atoms with Crippen molar-refractivity contribution in [1.82, 2.24) is 0 Å². The molecule has 0 amide bonds. The van der Waals surface area contributed by atoms with Gasteiger partial charge in [-0.3, -0.25) is 0 Å². The van der Waals surface area contributed by atoms with Gasteiger partial charge >= 0.3 is 0 Å². The summed E-state index contributed by atoms with van der Waals surface area (Å²) in [6, 6.07) is 11.4. The van der Waals surface area contributed by atoms with Gasteiger partial charge in [-0.05, 0) is 30.2 Å². The van der Waals surface area contributed by atoms with Crippen molar-refractivity contribution in [3.8, 4) is 0 Å². The van der Waals surface area contributed by atoms with E-state index in [4.69, 9.17) is 0 Å². The van der Waals surface area contributed by atoms with Crippen molar-refractivity contribution >= 4 is 5.69 Å². The van der Waals surface area contributed by atoms with E-state index in [2.05, 4.69) is 5.32 Å². The average Bonchev–Trinajstić information content (AvgIpc) is 2.71. The second-order valence-corrected chi connectivity index (χ2v) is 4.19. The van der Waals surface area contributed by atoms with E-state index >= 15 is 0 Å². The Labute approximate surface area is 98.1 Å². The molecule has 0 bridgehead atoms. The zero-order chi connectivity index (χ0) is 11.8. The highest BCUT2D eigenvalue weighted by Gasteiger charge is 2.26. The van der Waals surface area contributed by atoms with E-state index < -0.39 is 11.6 Å². The highest BCUT2D eigenvalue weighted by atomic mass is 19.1. The molecule has 2 aromatic carbocycles. The molecule has 1 atom stereocenters. The molecule has 0 aliphatic carbocycles. The first-order valence-corrected chi connectivity index (χ1v) is 5.54. The molecule has 0 aromatic heterocycles. The van der Waals surface area contributed by atoms with Gasteiger partial charge in [0, 0.05) is 11.3 Å². The lowest BCUT2D eigenvalue weighted by molar-refractivity contribution is 0.539. The Hall–Kier alpha value is -1.90. The van der Waals surface area contributed by atoms with E-state index in [1.165, 1.54) is 18.2 Å². The lowest BCUT2D eigenvalue weighted by Gasteiger charge is -2.13. The summed E-state index contributed by atoms with van der Waals surface area (Å²) in [6.45, 7) is 0. The first-order valence-electron chi connectivity index (χ1n) is 5.54. The van der Waals surface area contributed by atoms with Crippen molar-refractivity contribution in [2.24, 2.45) is 0 Å². The van der Waals surface area contributed by atoms with Gasteiger partial charge in [-0.1, -0.05) is 24.3 Å². The SMILES string of the molecule is Fc1cccc(F)c1C1Cc2ccccc2N1. The number of benzene rings is 2. The molecule has 0 spiro atoms. The van der Waals surface area contributed by atoms with Gasteiger partial charge in [0.25, 0.3) is 0 Å². The normalized spacial score (nSPS) is 17.6. The third-order valence-electron chi connectivity index (χ3n) is 3.12. The Morgan fingerprint density at radius 3 is 2.35 bits per heavy atom. The molecule has 0 saturated heterocycles. The number of rotatable bonds is 1. The molecule has 86 valence electrons. The van der Waals surface area contributed by atoms with Crippen LogP contribution in [-0.4, -0.2) is 0 Å². The molecule has 1 heterocycles. The fourth-order valence-electron chi connectivity index (χ4n) is 2.32. The second kappa shape index (κ2) is 3.84. The third-order valence-corrected chi connectivity index (χ3v) is 3.12. The van der Waals surface area contributed by atoms with Crippen molar-refractivity contribution in [2.45, 2.75) is 12.5 Å². The van der Waals surface area contributed by atoms with E-state index in [0.717, 1.165) is 11.3 Å². The van der Waals surface area contributed by atoms with Gasteiger partial charge in [0.05, 0.1) is 6.04 Å². The fraction of sp³-hybridized carbons (Fsp3) is 0.143. The average molecular weight is 231 g/mol. The molecule has 1 N–H and O–H groups in total. The highest BCUT2D eigenvalue weighted by Crippen LogP contribution is 2.35. The molecular weight excluding hydrogens is 220 g/mol. The van der Waals surface area contributed by atoms with Crippen LogP contribution in [0.3, 0.4) is 0 Å². The smallest absolute Gasteiger partial charge is 0.131 e. The molecule has 1 aliphatic heterocycles. The monoisotopic (exact) mass is 231 g/mol. The predicted molar refractivity (Wildman–Crippen MR) is 62.9 cm³/mol. The largest absolute Gasteiger partial charge is 0.377 e. The van der Waals surface area contributed by atoms with Crippen LogP contribution < -0.4 is 5.32 Å². The quantitative estimate of drug-likeness (QED) is 0.789. The van der Waals surface area contributed by atoms with Crippen LogP contribution >= 0.6 is 0 Å². The summed E-state index contributed by atoms with van der Waals surface area (Å²) in [5.41, 5.74) is 2.18. The van der Waals surface area contributed by atoms with Crippen molar-refractivity contribution < 1.29 is 8.78 Å². The molecule has 1 unspecified atom stereocenters. The van der Waals surface area contributed by atoms with Gasteiger partial charge in [0.1, 0.15) is 11.6 Å². The molecule has 0 saturated carbocycles. The van der Waals surface area contributed by atoms with Crippen LogP contribution in [0, 0.1) is 11.6 Å². The van der Waals surface area contributed by atoms with E-state index in [1.807, 2.05) is 24.3 Å². The molecular formula is C14H11F2N. The Morgan fingerprint density at radius 1 is 0.941 bits per heavy atom. The maximum absolute atomic E-state index is 13.6. The van der Waals surface area contributed by atoms with Crippen molar-refractivity contribution in [3.05, 3.63) is 65.2 Å². The summed E-state index contributed by atoms with van der Waals surface area (Å²) in [5, 5.41) is 3.15. The lowest BCUT2D eigenvalue weighted by atomic mass is 10.0. The summed E-state index contributed by atoms with van der Waals surface area (Å²) in [4.78, 5) is 0. The number of hydrogen-bond acceptors (Lipinski definition) is 1. The Bertz CT molecular complexity index is 521. The molecule has 3 rings (SSSR count). The Morgan fingerprint density at radius 2 is 1.65 bits per heavy atom. The van der Waals surface area contributed by atoms with E-state index in [-0.39, 0.29) is 11.6 Å². The summed E-state index contributed by atoms with van der Waals surface area (Å²) >= 11 is 0. The van der Waals surface area contributed by atoms with Crippen molar-refractivity contribution in [1.29, 1.82) is 0 Å². The summed E-state index contributed by atoms with van der Waals surface area (Å²) in [6.07, 6.45) is 0.619. The number of nitrogens with one attached hydrogen (secondary N) is 1. The van der Waals surface area contributed by atoms with Gasteiger partial charge in [-0.15, -0.1) is 0 Å². The number of halogens is 2. The minimum Gasteiger partial charge on any atom is -0.377 e. The number of fused-ring (bicyclic) bond motifs is 1. The molecule has 17 heavy (non-hydrogen) atoms. The summed E-state index contributed by atoms with van der Waals surface area (Å²) < 4.78 is 27.3. The van der Waals surface area contributed by atoms with Crippen LogP contribution in [0.2, 0.25) is 0 Å². The van der Waals surface area contributed by atoms with Crippen LogP contribution in [-0.2, 0) is 6.42 Å². The zero-order valence-electron chi connectivity index (χ0n) is 9.08. The molecule has 3 heteroatoms. The molecule has 1 aliphatic rings. The number of hydrogen-bond donors (Lipinski definition) is 1. The van der Waals surface area contributed by atoms with E-state index in [9.17, 15) is 8.78 Å². The zero-order valence-corrected chi connectivity index (χ0v) is 9.08. The fourth-order valence-corrected chi connectivity index (χ4v) is 2.32. The van der Waals surface area contributed by atoms with Crippen LogP contribution in [0.5, 0.6) is 0 Å². The Balaban J connectivity index is 1.99. The molecule has 0 radical (unpaired) electrons. The van der Waals surface area contributed by atoms with Crippen LogP contribution in [0.1, 0.15) is 17.2 Å². The van der Waals surface area contributed by atoms with Gasteiger partial charge in [-0.2, -0.15) is 0 Å². The van der Waals surface area contributed by atoms with Crippen LogP contribution in [0.15, 0.2) is 42.5 Å². The van der Waals surface area contributed by atoms with Gasteiger partial charge < -0.3 is 5.32 Å². The van der Waals surface area contributed by atoms with Crippen LogP contribution in [0.4, 0.5) is 14.5 Å². The van der Waals surface area contributed by atoms with Gasteiger partial charge in [-0.25, -0.2) is 8.78 Å². The topological polar surface area (TPSA) is 12.0 Å². The highest BCUT2D eigenvalue weighted by molar-refractivity contribution is 5.58. The van der Waals surface area contributed by atoms with Crippen molar-refractivity contribution in [2.75, 3.05) is 5.32 Å². The summed E-state index contributed by atoms with van der Waals surface area (Å²) in [7, 11) is 0. The number of para-hydroxylation sites is 1. The van der Waals surface area contributed by atoms with E-state index in [1.54, 1.807) is 0 Å². The standard InChI is InChI=1S/C14H11F2N/c15-10-5-3-6-11(16)14(10)13-8-9-4-1-2-7-12(9)17-13/h1-7,13,17H,8H2. The molecule has 2 aromatic rings. The van der Waals surface area contributed by atoms with E-state index in [0.29, 0.717) is 6.42 Å². The first-order chi connectivity index (χ1) is 8.25. The van der Waals surface area contributed by atoms with Gasteiger partial charge in [0.2, 0.25) is 0 Å². The first kappa shape index (κ1) is 10.3. The maximum atomic E-state index is 13.6. The predicted octanol–water partition coefficient (Wildman–Crippen LogP) is 3.67. The Kier molecular flexibility index (Phi) is 2.32. The maximum Gasteiger partial charge on any atom is 0.131 e. The van der Waals surface area contributed by atoms with Crippen molar-refractivity contribution in [3.63, 3.8) is 0 Å². The molecule has 0 fully saturated rings. The second-order valence-electron chi connectivity index (χ2n) is 4.19. The molecule has 1 nitrogen and oxygen atoms in total. The third kappa shape index (κ3) is 1.68. The minimum atomic E-state index is -0.490. The number of anilines is 1. The lowest BCUT2D eigenvalue weighted by Crippen LogP contribution is -2.10. The summed E-state index contributed by atoms with van der Waals surface area (Å²) in [5.74, 6) is -0.981.